The van der Waals surface area contributed by atoms with Gasteiger partial charge in [0.25, 0.3) is 5.91 Å². The highest BCUT2D eigenvalue weighted by Crippen LogP contribution is 2.13. The van der Waals surface area contributed by atoms with E-state index in [1.54, 1.807) is 13.1 Å². The minimum atomic E-state index is -0.199. The molecule has 0 saturated heterocycles. The second-order valence-electron chi connectivity index (χ2n) is 4.87. The van der Waals surface area contributed by atoms with Crippen LogP contribution in [0.25, 0.3) is 0 Å². The molecule has 0 bridgehead atoms. The molecule has 0 spiro atoms. The predicted molar refractivity (Wildman–Crippen MR) is 85.0 cm³/mol. The van der Waals surface area contributed by atoms with Crippen molar-refractivity contribution in [2.24, 2.45) is 0 Å². The van der Waals surface area contributed by atoms with Gasteiger partial charge in [0.2, 0.25) is 0 Å². The number of nitrogens with one attached hydrogen (secondary N) is 1. The van der Waals surface area contributed by atoms with E-state index in [1.165, 1.54) is 5.56 Å². The summed E-state index contributed by atoms with van der Waals surface area (Å²) in [5.41, 5.74) is 2.57. The van der Waals surface area contributed by atoms with Crippen LogP contribution in [0.2, 0.25) is 0 Å². The van der Waals surface area contributed by atoms with Gasteiger partial charge >= 0.3 is 0 Å². The Hall–Kier alpha value is -2.54. The molecule has 3 aromatic rings. The van der Waals surface area contributed by atoms with Gasteiger partial charge in [-0.05, 0) is 30.4 Å². The molecule has 0 aliphatic carbocycles. The summed E-state index contributed by atoms with van der Waals surface area (Å²) in [6.07, 6.45) is 4.37. The number of aromatic nitrogens is 4. The molecule has 2 aromatic heterocycles. The highest BCUT2D eigenvalue weighted by atomic mass is 32.1. The first-order valence-corrected chi connectivity index (χ1v) is 7.66. The van der Waals surface area contributed by atoms with Crippen LogP contribution in [0, 0.1) is 6.92 Å². The highest BCUT2D eigenvalue weighted by molar-refractivity contribution is 7.08. The second kappa shape index (κ2) is 6.48. The number of carbonyl (C=O) groups excluding carboxylic acids is 1. The first kappa shape index (κ1) is 14.4. The van der Waals surface area contributed by atoms with Crippen LogP contribution in [-0.4, -0.2) is 25.3 Å². The molecule has 7 heteroatoms. The number of rotatable bonds is 5. The highest BCUT2D eigenvalue weighted by Gasteiger charge is 2.13. The molecule has 0 fully saturated rings. The molecule has 0 saturated carbocycles. The van der Waals surface area contributed by atoms with Crippen molar-refractivity contribution < 1.29 is 4.79 Å². The Morgan fingerprint density at radius 2 is 2.14 bits per heavy atom. The average Bonchev–Trinajstić information content (AvgIpc) is 3.15. The third kappa shape index (κ3) is 3.37. The molecule has 0 unspecified atom stereocenters. The van der Waals surface area contributed by atoms with Crippen molar-refractivity contribution in [3.05, 3.63) is 58.9 Å². The monoisotopic (exact) mass is 313 g/mol. The predicted octanol–water partition coefficient (Wildman–Crippen LogP) is 2.54. The number of benzene rings is 1. The van der Waals surface area contributed by atoms with Gasteiger partial charge in [-0.15, -0.1) is 5.10 Å². The van der Waals surface area contributed by atoms with Crippen LogP contribution in [0.3, 0.4) is 0 Å². The van der Waals surface area contributed by atoms with E-state index < -0.39 is 0 Å². The SMILES string of the molecule is Cc1nnsc1C(=O)Nc1cnn(CCc2ccccc2)c1. The lowest BCUT2D eigenvalue weighted by Gasteiger charge is -2.02. The number of hydrogen-bond donors (Lipinski definition) is 1. The number of nitrogens with zero attached hydrogens (tertiary/aromatic N) is 4. The molecule has 3 rings (SSSR count). The zero-order valence-electron chi connectivity index (χ0n) is 12.1. The molecule has 0 aliphatic heterocycles. The summed E-state index contributed by atoms with van der Waals surface area (Å²) < 4.78 is 5.58. The minimum Gasteiger partial charge on any atom is -0.318 e. The number of amides is 1. The molecule has 0 atom stereocenters. The Kier molecular flexibility index (Phi) is 4.24. The van der Waals surface area contributed by atoms with Gasteiger partial charge in [-0.25, -0.2) is 0 Å². The molecule has 22 heavy (non-hydrogen) atoms. The van der Waals surface area contributed by atoms with Crippen molar-refractivity contribution in [2.75, 3.05) is 5.32 Å². The van der Waals surface area contributed by atoms with Crippen LogP contribution in [0.15, 0.2) is 42.7 Å². The molecule has 1 aromatic carbocycles. The second-order valence-corrected chi connectivity index (χ2v) is 5.62. The van der Waals surface area contributed by atoms with Crippen LogP contribution in [0.4, 0.5) is 5.69 Å². The van der Waals surface area contributed by atoms with Crippen LogP contribution >= 0.6 is 11.5 Å². The topological polar surface area (TPSA) is 72.7 Å². The van der Waals surface area contributed by atoms with Gasteiger partial charge in [0.1, 0.15) is 4.88 Å². The Balaban J connectivity index is 1.59. The molecule has 1 N–H and O–H groups in total. The fourth-order valence-electron chi connectivity index (χ4n) is 2.07. The summed E-state index contributed by atoms with van der Waals surface area (Å²) in [5.74, 6) is -0.199. The first-order chi connectivity index (χ1) is 10.7. The van der Waals surface area contributed by atoms with E-state index in [2.05, 4.69) is 32.1 Å². The Morgan fingerprint density at radius 1 is 1.32 bits per heavy atom. The Labute approximate surface area is 132 Å². The molecule has 6 nitrogen and oxygen atoms in total. The van der Waals surface area contributed by atoms with Gasteiger partial charge in [-0.2, -0.15) is 5.10 Å². The van der Waals surface area contributed by atoms with E-state index in [0.29, 0.717) is 16.3 Å². The summed E-state index contributed by atoms with van der Waals surface area (Å²) in [7, 11) is 0. The van der Waals surface area contributed by atoms with Crippen molar-refractivity contribution in [3.63, 3.8) is 0 Å². The van der Waals surface area contributed by atoms with E-state index in [0.717, 1.165) is 24.5 Å². The van der Waals surface area contributed by atoms with Crippen molar-refractivity contribution in [1.29, 1.82) is 0 Å². The molecule has 2 heterocycles. The van der Waals surface area contributed by atoms with Gasteiger partial charge in [-0.3, -0.25) is 9.48 Å². The lowest BCUT2D eigenvalue weighted by molar-refractivity contribution is 0.103. The maximum Gasteiger partial charge on any atom is 0.269 e. The molecule has 0 aliphatic rings. The van der Waals surface area contributed by atoms with Crippen molar-refractivity contribution in [3.8, 4) is 0 Å². The van der Waals surface area contributed by atoms with E-state index in [-0.39, 0.29) is 5.91 Å². The van der Waals surface area contributed by atoms with Crippen LogP contribution in [-0.2, 0) is 13.0 Å². The number of hydrogen-bond acceptors (Lipinski definition) is 5. The van der Waals surface area contributed by atoms with Gasteiger partial charge in [0, 0.05) is 12.7 Å². The molecular formula is C15H15N5OS. The standard InChI is InChI=1S/C15H15N5OS/c1-11-14(22-19-18-11)15(21)17-13-9-16-20(10-13)8-7-12-5-3-2-4-6-12/h2-6,9-10H,7-8H2,1H3,(H,17,21). The maximum atomic E-state index is 12.1. The molecular weight excluding hydrogens is 298 g/mol. The smallest absolute Gasteiger partial charge is 0.269 e. The van der Waals surface area contributed by atoms with Crippen LogP contribution in [0.5, 0.6) is 0 Å². The van der Waals surface area contributed by atoms with E-state index >= 15 is 0 Å². The number of carbonyl (C=O) groups is 1. The third-order valence-electron chi connectivity index (χ3n) is 3.22. The van der Waals surface area contributed by atoms with Gasteiger partial charge in [0.05, 0.1) is 17.6 Å². The van der Waals surface area contributed by atoms with Crippen LogP contribution in [0.1, 0.15) is 20.9 Å². The Bertz CT molecular complexity index is 765. The first-order valence-electron chi connectivity index (χ1n) is 6.89. The lowest BCUT2D eigenvalue weighted by Crippen LogP contribution is -2.11. The normalized spacial score (nSPS) is 10.6. The third-order valence-corrected chi connectivity index (χ3v) is 4.05. The quantitative estimate of drug-likeness (QED) is 0.785. The Morgan fingerprint density at radius 3 is 2.86 bits per heavy atom. The fraction of sp³-hybridized carbons (Fsp3) is 0.200. The maximum absolute atomic E-state index is 12.1. The molecule has 1 amide bonds. The van der Waals surface area contributed by atoms with Crippen LogP contribution < -0.4 is 5.32 Å². The van der Waals surface area contributed by atoms with Gasteiger partial charge < -0.3 is 5.32 Å². The van der Waals surface area contributed by atoms with Crippen molar-refractivity contribution in [2.45, 2.75) is 19.9 Å². The summed E-state index contributed by atoms with van der Waals surface area (Å²) in [6, 6.07) is 10.2. The molecule has 0 radical (unpaired) electrons. The zero-order chi connectivity index (χ0) is 15.4. The minimum absolute atomic E-state index is 0.199. The number of anilines is 1. The largest absolute Gasteiger partial charge is 0.318 e. The van der Waals surface area contributed by atoms with E-state index in [1.807, 2.05) is 29.1 Å². The van der Waals surface area contributed by atoms with Crippen molar-refractivity contribution >= 4 is 23.1 Å². The van der Waals surface area contributed by atoms with E-state index in [9.17, 15) is 4.79 Å². The summed E-state index contributed by atoms with van der Waals surface area (Å²) in [5, 5.41) is 10.9. The van der Waals surface area contributed by atoms with Crippen molar-refractivity contribution in [1.82, 2.24) is 19.4 Å². The summed E-state index contributed by atoms with van der Waals surface area (Å²) in [4.78, 5) is 12.6. The molecule has 112 valence electrons. The lowest BCUT2D eigenvalue weighted by atomic mass is 10.1. The van der Waals surface area contributed by atoms with E-state index in [4.69, 9.17) is 0 Å². The van der Waals surface area contributed by atoms with Gasteiger partial charge in [-0.1, -0.05) is 34.8 Å². The summed E-state index contributed by atoms with van der Waals surface area (Å²) >= 11 is 1.09. The average molecular weight is 313 g/mol. The number of aryl methyl sites for hydroxylation is 3. The fourth-order valence-corrected chi connectivity index (χ4v) is 2.62. The zero-order valence-corrected chi connectivity index (χ0v) is 12.9. The summed E-state index contributed by atoms with van der Waals surface area (Å²) in [6.45, 7) is 2.53. The van der Waals surface area contributed by atoms with Gasteiger partial charge in [0.15, 0.2) is 0 Å².